The fourth-order valence-electron chi connectivity index (χ4n) is 3.17. The summed E-state index contributed by atoms with van der Waals surface area (Å²) >= 11 is 0. The van der Waals surface area contributed by atoms with Gasteiger partial charge in [-0.1, -0.05) is 60.7 Å². The SMILES string of the molecule is c1ccc(COC[C@H]2CO[C@@](Cn3ccnc3)(c3ccccc3)O2)cc1. The van der Waals surface area contributed by atoms with Crippen LogP contribution in [0.1, 0.15) is 11.1 Å². The van der Waals surface area contributed by atoms with E-state index in [0.717, 1.165) is 11.1 Å². The van der Waals surface area contributed by atoms with E-state index in [4.69, 9.17) is 14.2 Å². The minimum absolute atomic E-state index is 0.109. The molecule has 1 aromatic heterocycles. The maximum absolute atomic E-state index is 6.35. The van der Waals surface area contributed by atoms with E-state index in [0.29, 0.717) is 26.4 Å². The van der Waals surface area contributed by atoms with Crippen LogP contribution in [0.4, 0.5) is 0 Å². The maximum Gasteiger partial charge on any atom is 0.214 e. The molecule has 0 saturated carbocycles. The normalized spacial score (nSPS) is 22.5. The molecule has 2 aromatic carbocycles. The zero-order valence-electron chi connectivity index (χ0n) is 14.5. The lowest BCUT2D eigenvalue weighted by molar-refractivity contribution is -0.191. The number of hydrogen-bond donors (Lipinski definition) is 0. The van der Waals surface area contributed by atoms with Crippen LogP contribution in [0.5, 0.6) is 0 Å². The molecule has 0 aliphatic carbocycles. The summed E-state index contributed by atoms with van der Waals surface area (Å²) in [5.41, 5.74) is 2.15. The van der Waals surface area contributed by atoms with E-state index in [9.17, 15) is 0 Å². The van der Waals surface area contributed by atoms with Gasteiger partial charge >= 0.3 is 0 Å². The molecule has 0 radical (unpaired) electrons. The Morgan fingerprint density at radius 1 is 1.08 bits per heavy atom. The molecule has 3 aromatic rings. The molecule has 0 amide bonds. The van der Waals surface area contributed by atoms with Gasteiger partial charge in [-0.3, -0.25) is 0 Å². The monoisotopic (exact) mass is 350 g/mol. The summed E-state index contributed by atoms with van der Waals surface area (Å²) in [4.78, 5) is 4.12. The molecule has 0 bridgehead atoms. The van der Waals surface area contributed by atoms with Crippen LogP contribution in [0, 0.1) is 0 Å². The fraction of sp³-hybridized carbons (Fsp3) is 0.286. The van der Waals surface area contributed by atoms with Gasteiger partial charge in [0.15, 0.2) is 0 Å². The van der Waals surface area contributed by atoms with Gasteiger partial charge in [0.1, 0.15) is 6.10 Å². The number of nitrogens with zero attached hydrogens (tertiary/aromatic N) is 2. The number of rotatable bonds is 7. The molecule has 0 N–H and O–H groups in total. The van der Waals surface area contributed by atoms with Gasteiger partial charge < -0.3 is 18.8 Å². The first-order chi connectivity index (χ1) is 12.8. The Labute approximate surface area is 153 Å². The minimum Gasteiger partial charge on any atom is -0.374 e. The summed E-state index contributed by atoms with van der Waals surface area (Å²) in [6.45, 7) is 2.11. The highest BCUT2D eigenvalue weighted by Crippen LogP contribution is 2.36. The maximum atomic E-state index is 6.35. The average molecular weight is 350 g/mol. The van der Waals surface area contributed by atoms with Gasteiger partial charge in [0.2, 0.25) is 5.79 Å². The number of aromatic nitrogens is 2. The van der Waals surface area contributed by atoms with E-state index in [-0.39, 0.29) is 6.10 Å². The van der Waals surface area contributed by atoms with Crippen LogP contribution in [-0.2, 0) is 33.1 Å². The molecule has 5 nitrogen and oxygen atoms in total. The molecular weight excluding hydrogens is 328 g/mol. The van der Waals surface area contributed by atoms with Gasteiger partial charge in [0.25, 0.3) is 0 Å². The molecular formula is C21H22N2O3. The lowest BCUT2D eigenvalue weighted by Crippen LogP contribution is -2.34. The first-order valence-corrected chi connectivity index (χ1v) is 8.79. The van der Waals surface area contributed by atoms with Crippen molar-refractivity contribution in [3.63, 3.8) is 0 Å². The van der Waals surface area contributed by atoms with Gasteiger partial charge in [-0.2, -0.15) is 0 Å². The largest absolute Gasteiger partial charge is 0.374 e. The number of hydrogen-bond acceptors (Lipinski definition) is 4. The number of imidazole rings is 1. The zero-order valence-corrected chi connectivity index (χ0v) is 14.5. The number of ether oxygens (including phenoxy) is 3. The van der Waals surface area contributed by atoms with E-state index in [1.807, 2.05) is 59.3 Å². The quantitative estimate of drug-likeness (QED) is 0.655. The van der Waals surface area contributed by atoms with Gasteiger partial charge in [0, 0.05) is 18.0 Å². The molecule has 1 aliphatic heterocycles. The van der Waals surface area contributed by atoms with E-state index >= 15 is 0 Å². The predicted octanol–water partition coefficient (Wildman–Crippen LogP) is 3.37. The third-order valence-corrected chi connectivity index (χ3v) is 4.44. The lowest BCUT2D eigenvalue weighted by atomic mass is 10.1. The molecule has 4 rings (SSSR count). The second-order valence-electron chi connectivity index (χ2n) is 6.41. The van der Waals surface area contributed by atoms with E-state index in [2.05, 4.69) is 17.1 Å². The van der Waals surface area contributed by atoms with Crippen molar-refractivity contribution in [3.8, 4) is 0 Å². The first-order valence-electron chi connectivity index (χ1n) is 8.79. The van der Waals surface area contributed by atoms with Crippen molar-refractivity contribution in [2.75, 3.05) is 13.2 Å². The third-order valence-electron chi connectivity index (χ3n) is 4.44. The van der Waals surface area contributed by atoms with Crippen molar-refractivity contribution < 1.29 is 14.2 Å². The molecule has 1 saturated heterocycles. The highest BCUT2D eigenvalue weighted by molar-refractivity contribution is 5.21. The average Bonchev–Trinajstić information content (AvgIpc) is 3.35. The minimum atomic E-state index is -0.817. The molecule has 0 unspecified atom stereocenters. The van der Waals surface area contributed by atoms with Crippen LogP contribution in [0.25, 0.3) is 0 Å². The van der Waals surface area contributed by atoms with Crippen LogP contribution in [0.15, 0.2) is 79.4 Å². The Balaban J connectivity index is 1.43. The highest BCUT2D eigenvalue weighted by atomic mass is 16.8. The number of benzene rings is 2. The predicted molar refractivity (Wildman–Crippen MR) is 97.3 cm³/mol. The lowest BCUT2D eigenvalue weighted by Gasteiger charge is -2.29. The summed E-state index contributed by atoms with van der Waals surface area (Å²) in [6.07, 6.45) is 5.34. The molecule has 5 heteroatoms. The van der Waals surface area contributed by atoms with Crippen molar-refractivity contribution in [3.05, 3.63) is 90.5 Å². The third kappa shape index (κ3) is 3.85. The zero-order chi connectivity index (χ0) is 17.7. The molecule has 2 atom stereocenters. The Kier molecular flexibility index (Phi) is 5.11. The van der Waals surface area contributed by atoms with Gasteiger partial charge in [-0.15, -0.1) is 0 Å². The standard InChI is InChI=1S/C21H22N2O3/c1-3-7-18(8-4-1)13-24-14-20-15-25-21(26-20,16-23-12-11-22-17-23)19-9-5-2-6-10-19/h1-12,17,20H,13-16H2/t20-,21+/m0/s1. The molecule has 2 heterocycles. The van der Waals surface area contributed by atoms with Crippen LogP contribution >= 0.6 is 0 Å². The van der Waals surface area contributed by atoms with Crippen LogP contribution in [-0.4, -0.2) is 28.9 Å². The topological polar surface area (TPSA) is 45.5 Å². The molecule has 1 fully saturated rings. The Morgan fingerprint density at radius 2 is 1.85 bits per heavy atom. The Bertz CT molecular complexity index is 793. The summed E-state index contributed by atoms with van der Waals surface area (Å²) < 4.78 is 20.3. The van der Waals surface area contributed by atoms with Gasteiger partial charge in [-0.25, -0.2) is 4.98 Å². The van der Waals surface area contributed by atoms with E-state index in [1.54, 1.807) is 12.5 Å². The van der Waals surface area contributed by atoms with Crippen molar-refractivity contribution in [2.24, 2.45) is 0 Å². The van der Waals surface area contributed by atoms with E-state index in [1.165, 1.54) is 0 Å². The Hall–Kier alpha value is -2.47. The van der Waals surface area contributed by atoms with Crippen molar-refractivity contribution in [1.29, 1.82) is 0 Å². The second-order valence-corrected chi connectivity index (χ2v) is 6.41. The smallest absolute Gasteiger partial charge is 0.214 e. The molecule has 0 spiro atoms. The summed E-state index contributed by atoms with van der Waals surface area (Å²) in [5.74, 6) is -0.817. The second kappa shape index (κ2) is 7.83. The van der Waals surface area contributed by atoms with Crippen LogP contribution in [0.2, 0.25) is 0 Å². The van der Waals surface area contributed by atoms with Gasteiger partial charge in [0.05, 0.1) is 32.7 Å². The summed E-state index contributed by atoms with van der Waals surface area (Å²) in [7, 11) is 0. The Morgan fingerprint density at radius 3 is 2.58 bits per heavy atom. The van der Waals surface area contributed by atoms with Crippen LogP contribution in [0.3, 0.4) is 0 Å². The molecule has 26 heavy (non-hydrogen) atoms. The van der Waals surface area contributed by atoms with Crippen molar-refractivity contribution >= 4 is 0 Å². The van der Waals surface area contributed by atoms with Gasteiger partial charge in [-0.05, 0) is 5.56 Å². The summed E-state index contributed by atoms with van der Waals surface area (Å²) in [5, 5.41) is 0. The van der Waals surface area contributed by atoms with Crippen LogP contribution < -0.4 is 0 Å². The van der Waals surface area contributed by atoms with E-state index < -0.39 is 5.79 Å². The molecule has 134 valence electrons. The highest BCUT2D eigenvalue weighted by Gasteiger charge is 2.43. The summed E-state index contributed by atoms with van der Waals surface area (Å²) in [6, 6.07) is 20.2. The van der Waals surface area contributed by atoms with Crippen molar-refractivity contribution in [2.45, 2.75) is 25.0 Å². The molecule has 1 aliphatic rings. The fourth-order valence-corrected chi connectivity index (χ4v) is 3.17. The van der Waals surface area contributed by atoms with Crippen molar-refractivity contribution in [1.82, 2.24) is 9.55 Å². The first kappa shape index (κ1) is 17.0.